The topological polar surface area (TPSA) is 37.5 Å². The molecule has 0 bridgehead atoms. The van der Waals surface area contributed by atoms with Crippen LogP contribution in [0.25, 0.3) is 10.8 Å². The van der Waals surface area contributed by atoms with E-state index in [9.17, 15) is 0 Å². The van der Waals surface area contributed by atoms with Crippen molar-refractivity contribution in [2.24, 2.45) is 4.99 Å². The molecule has 1 aliphatic rings. The third kappa shape index (κ3) is 2.66. The van der Waals surface area contributed by atoms with E-state index in [2.05, 4.69) is 29.0 Å². The fraction of sp³-hybridized carbons (Fsp3) is 0.267. The van der Waals surface area contributed by atoms with Crippen LogP contribution in [-0.4, -0.2) is 18.9 Å². The smallest absolute Gasteiger partial charge is 0.116 e. The highest BCUT2D eigenvalue weighted by Crippen LogP contribution is 2.32. The number of furan rings is 1. The molecule has 1 aliphatic heterocycles. The molecule has 0 saturated heterocycles. The van der Waals surface area contributed by atoms with Crippen molar-refractivity contribution in [3.05, 3.63) is 48.9 Å². The van der Waals surface area contributed by atoms with Gasteiger partial charge in [0.1, 0.15) is 5.76 Å². The fourth-order valence-corrected chi connectivity index (χ4v) is 2.41. The first-order valence-corrected chi connectivity index (χ1v) is 6.22. The molecule has 4 heteroatoms. The summed E-state index contributed by atoms with van der Waals surface area (Å²) in [6.45, 7) is 5.27. The molecule has 2 heterocycles. The van der Waals surface area contributed by atoms with Gasteiger partial charge in [-0.05, 0) is 0 Å². The van der Waals surface area contributed by atoms with Gasteiger partial charge in [0.25, 0.3) is 0 Å². The Morgan fingerprint density at radius 3 is 3.11 bits per heavy atom. The van der Waals surface area contributed by atoms with Gasteiger partial charge in [-0.15, -0.1) is 19.0 Å². The summed E-state index contributed by atoms with van der Waals surface area (Å²) in [6, 6.07) is 8.27. The monoisotopic (exact) mass is 276 g/mol. The third-order valence-corrected chi connectivity index (χ3v) is 3.30. The quantitative estimate of drug-likeness (QED) is 0.871. The normalized spacial score (nSPS) is 17.9. The predicted molar refractivity (Wildman–Crippen MR) is 81.3 cm³/mol. The molecule has 0 fully saturated rings. The molecular weight excluding hydrogens is 260 g/mol. The van der Waals surface area contributed by atoms with Gasteiger partial charge in [0, 0.05) is 29.7 Å². The maximum atomic E-state index is 5.73. The zero-order valence-electron chi connectivity index (χ0n) is 10.6. The summed E-state index contributed by atoms with van der Waals surface area (Å²) in [7, 11) is 0. The molecule has 1 unspecified atom stereocenters. The summed E-state index contributed by atoms with van der Waals surface area (Å²) < 4.78 is 5.73. The highest BCUT2D eigenvalue weighted by atomic mass is 35.5. The second-order valence-corrected chi connectivity index (χ2v) is 4.55. The van der Waals surface area contributed by atoms with Gasteiger partial charge in [0.05, 0.1) is 18.6 Å². The first-order chi connectivity index (χ1) is 8.88. The van der Waals surface area contributed by atoms with E-state index in [1.807, 2.05) is 24.5 Å². The number of hydrogen-bond donors (Lipinski definition) is 1. The first kappa shape index (κ1) is 13.7. The van der Waals surface area contributed by atoms with Gasteiger partial charge in [0.15, 0.2) is 0 Å². The van der Waals surface area contributed by atoms with Gasteiger partial charge in [-0.1, -0.05) is 30.3 Å². The lowest BCUT2D eigenvalue weighted by Crippen LogP contribution is -2.21. The van der Waals surface area contributed by atoms with Crippen LogP contribution in [-0.2, 0) is 0 Å². The number of hydrogen-bond acceptors (Lipinski definition) is 3. The maximum Gasteiger partial charge on any atom is 0.116 e. The molecule has 3 nitrogen and oxygen atoms in total. The number of aliphatic imine (C=N–C) groups is 1. The van der Waals surface area contributed by atoms with Gasteiger partial charge in [-0.2, -0.15) is 0 Å². The average Bonchev–Trinajstić information content (AvgIpc) is 3.02. The fourth-order valence-electron chi connectivity index (χ4n) is 2.41. The first-order valence-electron chi connectivity index (χ1n) is 6.22. The van der Waals surface area contributed by atoms with Crippen LogP contribution in [0.2, 0.25) is 0 Å². The molecular formula is C15H17ClN2O. The van der Waals surface area contributed by atoms with Crippen LogP contribution in [0, 0.1) is 0 Å². The second-order valence-electron chi connectivity index (χ2n) is 4.55. The Labute approximate surface area is 118 Å². The molecule has 0 aliphatic carbocycles. The summed E-state index contributed by atoms with van der Waals surface area (Å²) in [5, 5.41) is 5.64. The molecule has 0 radical (unpaired) electrons. The highest BCUT2D eigenvalue weighted by Gasteiger charge is 2.24. The Hall–Kier alpha value is -1.74. The van der Waals surface area contributed by atoms with Gasteiger partial charge in [-0.3, -0.25) is 4.99 Å². The lowest BCUT2D eigenvalue weighted by molar-refractivity contribution is 0.481. The summed E-state index contributed by atoms with van der Waals surface area (Å²) in [6.07, 6.45) is 4.60. The molecule has 0 spiro atoms. The second kappa shape index (κ2) is 5.93. The SMILES string of the molecule is C=CCNC1=NCC(c2occ3ccccc23)C1.Cl. The Kier molecular flexibility index (Phi) is 4.27. The van der Waals surface area contributed by atoms with Crippen molar-refractivity contribution in [2.75, 3.05) is 13.1 Å². The molecule has 2 aromatic rings. The van der Waals surface area contributed by atoms with E-state index in [1.165, 1.54) is 10.8 Å². The summed E-state index contributed by atoms with van der Waals surface area (Å²) in [5.41, 5.74) is 0. The van der Waals surface area contributed by atoms with Crippen molar-refractivity contribution in [3.63, 3.8) is 0 Å². The number of halogens is 1. The number of benzene rings is 1. The molecule has 100 valence electrons. The van der Waals surface area contributed by atoms with Gasteiger partial charge in [-0.25, -0.2) is 0 Å². The number of rotatable bonds is 3. The minimum Gasteiger partial charge on any atom is -0.468 e. The lowest BCUT2D eigenvalue weighted by atomic mass is 10.0. The van der Waals surface area contributed by atoms with Crippen molar-refractivity contribution in [3.8, 4) is 0 Å². The minimum atomic E-state index is 0. The Bertz CT molecular complexity index is 603. The van der Waals surface area contributed by atoms with E-state index in [0.29, 0.717) is 5.92 Å². The molecule has 19 heavy (non-hydrogen) atoms. The summed E-state index contributed by atoms with van der Waals surface area (Å²) in [4.78, 5) is 4.52. The van der Waals surface area contributed by atoms with Gasteiger partial charge >= 0.3 is 0 Å². The maximum absolute atomic E-state index is 5.73. The molecule has 0 saturated carbocycles. The van der Waals surface area contributed by atoms with Gasteiger partial charge in [0.2, 0.25) is 0 Å². The molecule has 1 aromatic heterocycles. The average molecular weight is 277 g/mol. The zero-order chi connectivity index (χ0) is 12.4. The predicted octanol–water partition coefficient (Wildman–Crippen LogP) is 3.52. The minimum absolute atomic E-state index is 0. The lowest BCUT2D eigenvalue weighted by Gasteiger charge is -2.06. The summed E-state index contributed by atoms with van der Waals surface area (Å²) >= 11 is 0. The standard InChI is InChI=1S/C15H16N2O.ClH/c1-2-7-16-14-8-12(9-17-14)15-13-6-4-3-5-11(13)10-18-15;/h2-6,10,12H,1,7-9H2,(H,16,17);1H. The van der Waals surface area contributed by atoms with Crippen LogP contribution < -0.4 is 5.32 Å². The summed E-state index contributed by atoms with van der Waals surface area (Å²) in [5.74, 6) is 2.47. The van der Waals surface area contributed by atoms with E-state index in [1.54, 1.807) is 0 Å². The van der Waals surface area contributed by atoms with Crippen molar-refractivity contribution in [1.82, 2.24) is 5.32 Å². The van der Waals surface area contributed by atoms with Crippen LogP contribution in [0.5, 0.6) is 0 Å². The third-order valence-electron chi connectivity index (χ3n) is 3.30. The molecule has 3 rings (SSSR count). The number of nitrogens with one attached hydrogen (secondary N) is 1. The Morgan fingerprint density at radius 2 is 2.26 bits per heavy atom. The van der Waals surface area contributed by atoms with E-state index in [0.717, 1.165) is 31.1 Å². The molecule has 1 atom stereocenters. The van der Waals surface area contributed by atoms with Crippen LogP contribution in [0.15, 0.2) is 52.6 Å². The van der Waals surface area contributed by atoms with Crippen molar-refractivity contribution in [1.29, 1.82) is 0 Å². The number of fused-ring (bicyclic) bond motifs is 1. The number of amidine groups is 1. The Balaban J connectivity index is 0.00000133. The van der Waals surface area contributed by atoms with Crippen LogP contribution >= 0.6 is 12.4 Å². The van der Waals surface area contributed by atoms with Crippen molar-refractivity contribution in [2.45, 2.75) is 12.3 Å². The van der Waals surface area contributed by atoms with Crippen LogP contribution in [0.3, 0.4) is 0 Å². The highest BCUT2D eigenvalue weighted by molar-refractivity contribution is 5.88. The van der Waals surface area contributed by atoms with E-state index < -0.39 is 0 Å². The molecule has 1 aromatic carbocycles. The van der Waals surface area contributed by atoms with Gasteiger partial charge < -0.3 is 9.73 Å². The number of nitrogens with zero attached hydrogens (tertiary/aromatic N) is 1. The van der Waals surface area contributed by atoms with E-state index >= 15 is 0 Å². The van der Waals surface area contributed by atoms with Crippen LogP contribution in [0.4, 0.5) is 0 Å². The largest absolute Gasteiger partial charge is 0.468 e. The molecule has 1 N–H and O–H groups in total. The van der Waals surface area contributed by atoms with Crippen molar-refractivity contribution >= 4 is 29.0 Å². The Morgan fingerprint density at radius 1 is 1.42 bits per heavy atom. The molecule has 0 amide bonds. The van der Waals surface area contributed by atoms with E-state index in [4.69, 9.17) is 4.42 Å². The zero-order valence-corrected chi connectivity index (χ0v) is 11.5. The van der Waals surface area contributed by atoms with E-state index in [-0.39, 0.29) is 12.4 Å². The van der Waals surface area contributed by atoms with Crippen LogP contribution in [0.1, 0.15) is 18.1 Å². The van der Waals surface area contributed by atoms with Crippen molar-refractivity contribution < 1.29 is 4.42 Å².